The Hall–Kier alpha value is 0.966. The van der Waals surface area contributed by atoms with Crippen LogP contribution >= 0.6 is 0 Å². The molecule has 100 valence electrons. The molecule has 19 heavy (non-hydrogen) atoms. The largest absolute Gasteiger partial charge is 0.0708 e. The molecule has 0 aromatic rings. The molecule has 3 heteroatoms. The predicted molar refractivity (Wildman–Crippen MR) is 84.5 cm³/mol. The molecule has 2 rings (SSSR count). The number of hydrogen-bond acceptors (Lipinski definition) is 0. The third kappa shape index (κ3) is 3.79. The average Bonchev–Trinajstić information content (AvgIpc) is 2.40. The van der Waals surface area contributed by atoms with E-state index in [1.54, 1.807) is 11.1 Å². The van der Waals surface area contributed by atoms with Crippen molar-refractivity contribution >= 4 is 15.2 Å². The van der Waals surface area contributed by atoms with E-state index in [0.717, 1.165) is 0 Å². The Bertz CT molecular complexity index is 236. The predicted octanol–water partition coefficient (Wildman–Crippen LogP) is 3.78. The molecule has 0 spiro atoms. The Labute approximate surface area is 134 Å². The topological polar surface area (TPSA) is 0 Å². The molecule has 0 aromatic carbocycles. The van der Waals surface area contributed by atoms with Crippen molar-refractivity contribution in [3.63, 3.8) is 0 Å². The fraction of sp³-hybridized carbons (Fsp3) is 0.250. The van der Waals surface area contributed by atoms with Gasteiger partial charge in [0.15, 0.2) is 0 Å². The van der Waals surface area contributed by atoms with Crippen molar-refractivity contribution in [3.8, 4) is 0 Å². The van der Waals surface area contributed by atoms with Crippen molar-refractivity contribution in [1.29, 1.82) is 0 Å². The molecule has 0 nitrogen and oxygen atoms in total. The van der Waals surface area contributed by atoms with Crippen LogP contribution < -0.4 is 0 Å². The van der Waals surface area contributed by atoms with Crippen LogP contribution in [0.15, 0.2) is 0 Å². The van der Waals surface area contributed by atoms with Crippen LogP contribution in [-0.2, 0) is 17.4 Å². The number of rotatable bonds is 3. The standard InChI is InChI=1S/C16H22Si2.Cr/c1-17(2,15-11-7-5-8-12-15)18(3,4)16-13-9-6-10-14-16;/h5-14H,1-4H3;. The maximum atomic E-state index is 2.53. The van der Waals surface area contributed by atoms with Crippen molar-refractivity contribution < 1.29 is 17.4 Å². The van der Waals surface area contributed by atoms with Crippen molar-refractivity contribution in [3.05, 3.63) is 75.3 Å². The Kier molecular flexibility index (Phi) is 6.92. The van der Waals surface area contributed by atoms with Gasteiger partial charge in [0.25, 0.3) is 0 Å². The first-order valence-corrected chi connectivity index (χ1v) is 13.6. The Balaban J connectivity index is 0.00000180. The zero-order chi connectivity index (χ0) is 13.2. The van der Waals surface area contributed by atoms with Gasteiger partial charge in [-0.15, -0.1) is 0 Å². The smallest absolute Gasteiger partial charge is 0.0492 e. The Morgan fingerprint density at radius 1 is 0.526 bits per heavy atom. The van der Waals surface area contributed by atoms with E-state index in [1.165, 1.54) is 0 Å². The average molecular weight is 323 g/mol. The van der Waals surface area contributed by atoms with Crippen molar-refractivity contribution in [1.82, 2.24) is 0 Å². The van der Waals surface area contributed by atoms with Gasteiger partial charge in [-0.1, -0.05) is 26.2 Å². The molecule has 0 amide bonds. The van der Waals surface area contributed by atoms with E-state index in [9.17, 15) is 0 Å². The van der Waals surface area contributed by atoms with E-state index in [2.05, 4.69) is 90.4 Å². The summed E-state index contributed by atoms with van der Waals surface area (Å²) in [5, 5.41) is 0. The maximum absolute atomic E-state index is 2.53. The summed E-state index contributed by atoms with van der Waals surface area (Å²) in [6.45, 7) is 10.1. The molecule has 0 aliphatic heterocycles. The second-order valence-electron chi connectivity index (χ2n) is 5.98. The summed E-state index contributed by atoms with van der Waals surface area (Å²) in [6.07, 6.45) is 22.2. The van der Waals surface area contributed by atoms with Crippen LogP contribution in [-0.4, -0.2) is 15.2 Å². The minimum Gasteiger partial charge on any atom is -0.0708 e. The summed E-state index contributed by atoms with van der Waals surface area (Å²) in [6, 6.07) is 0. The van der Waals surface area contributed by atoms with E-state index in [-0.39, 0.29) is 17.4 Å². The summed E-state index contributed by atoms with van der Waals surface area (Å²) in [4.78, 5) is 0. The van der Waals surface area contributed by atoms with Crippen LogP contribution in [0.2, 0.25) is 26.2 Å². The Morgan fingerprint density at radius 2 is 0.789 bits per heavy atom. The molecule has 0 heterocycles. The third-order valence-electron chi connectivity index (χ3n) is 4.55. The molecule has 0 atom stereocenters. The monoisotopic (exact) mass is 322 g/mol. The van der Waals surface area contributed by atoms with E-state index < -0.39 is 15.2 Å². The second-order valence-corrected chi connectivity index (χ2v) is 21.1. The van der Waals surface area contributed by atoms with Gasteiger partial charge in [0.1, 0.15) is 0 Å². The van der Waals surface area contributed by atoms with Crippen molar-refractivity contribution in [2.75, 3.05) is 0 Å². The van der Waals surface area contributed by atoms with Gasteiger partial charge in [0.2, 0.25) is 0 Å². The van der Waals surface area contributed by atoms with Crippen LogP contribution in [0.3, 0.4) is 0 Å². The van der Waals surface area contributed by atoms with Gasteiger partial charge in [-0.25, -0.2) is 0 Å². The van der Waals surface area contributed by atoms with Crippen LogP contribution in [0.5, 0.6) is 0 Å². The molecule has 0 N–H and O–H groups in total. The van der Waals surface area contributed by atoms with Crippen LogP contribution in [0.1, 0.15) is 0 Å². The molecule has 2 fully saturated rings. The fourth-order valence-corrected chi connectivity index (χ4v) is 11.3. The van der Waals surface area contributed by atoms with E-state index in [4.69, 9.17) is 0 Å². The summed E-state index contributed by atoms with van der Waals surface area (Å²) in [5.41, 5.74) is 3.18. The molecule has 2 aliphatic rings. The first-order valence-electron chi connectivity index (χ1n) is 6.57. The molecule has 2 aliphatic carbocycles. The fourth-order valence-electron chi connectivity index (χ4n) is 2.43. The molecule has 0 saturated heterocycles. The Morgan fingerprint density at radius 3 is 1.05 bits per heavy atom. The molecular formula is C16H22CrSi2. The summed E-state index contributed by atoms with van der Waals surface area (Å²) < 4.78 is 0. The van der Waals surface area contributed by atoms with Gasteiger partial charge in [-0.3, -0.25) is 0 Å². The first-order chi connectivity index (χ1) is 8.46. The van der Waals surface area contributed by atoms with Gasteiger partial charge in [-0.05, 0) is 75.3 Å². The van der Waals surface area contributed by atoms with Crippen LogP contribution in [0, 0.1) is 75.3 Å². The molecule has 12 radical (unpaired) electrons. The molecule has 0 unspecified atom stereocenters. The van der Waals surface area contributed by atoms with Gasteiger partial charge in [-0.2, -0.15) is 0 Å². The normalized spacial score (nSPS) is 24.0. The van der Waals surface area contributed by atoms with Gasteiger partial charge >= 0.3 is 0 Å². The zero-order valence-corrected chi connectivity index (χ0v) is 15.5. The molecule has 0 bridgehead atoms. The van der Waals surface area contributed by atoms with E-state index >= 15 is 0 Å². The van der Waals surface area contributed by atoms with Gasteiger partial charge < -0.3 is 0 Å². The summed E-state index contributed by atoms with van der Waals surface area (Å²) >= 11 is 0. The van der Waals surface area contributed by atoms with Gasteiger partial charge in [0.05, 0.1) is 0 Å². The maximum Gasteiger partial charge on any atom is 0.0492 e. The van der Waals surface area contributed by atoms with E-state index in [1.807, 2.05) is 0 Å². The summed E-state index contributed by atoms with van der Waals surface area (Å²) in [5.74, 6) is 0. The third-order valence-corrected chi connectivity index (χ3v) is 22.3. The SMILES string of the molecule is C[Si](C)([C]1[CH][CH][CH][CH][CH]1)[Si](C)(C)[C]1[CH][CH][CH][CH][CH]1.[Cr]. The number of hydrogen-bond donors (Lipinski definition) is 0. The first kappa shape index (κ1) is 18.0. The van der Waals surface area contributed by atoms with Gasteiger partial charge in [0, 0.05) is 32.5 Å². The minimum atomic E-state index is -1.41. The van der Waals surface area contributed by atoms with Crippen molar-refractivity contribution in [2.45, 2.75) is 26.2 Å². The van der Waals surface area contributed by atoms with E-state index in [0.29, 0.717) is 0 Å². The van der Waals surface area contributed by atoms with Crippen LogP contribution in [0.4, 0.5) is 0 Å². The van der Waals surface area contributed by atoms with Crippen LogP contribution in [0.25, 0.3) is 0 Å². The zero-order valence-electron chi connectivity index (χ0n) is 12.2. The molecular weight excluding hydrogens is 300 g/mol. The molecule has 0 aromatic heterocycles. The molecule has 2 saturated carbocycles. The quantitative estimate of drug-likeness (QED) is 0.694. The summed E-state index contributed by atoms with van der Waals surface area (Å²) in [7, 11) is -2.82. The van der Waals surface area contributed by atoms with Crippen molar-refractivity contribution in [2.24, 2.45) is 0 Å². The minimum absolute atomic E-state index is 0. The second kappa shape index (κ2) is 7.30.